The van der Waals surface area contributed by atoms with Crippen LogP contribution in [0.2, 0.25) is 0 Å². The van der Waals surface area contributed by atoms with E-state index in [-0.39, 0.29) is 18.5 Å². The fourth-order valence-electron chi connectivity index (χ4n) is 1.42. The Labute approximate surface area is 112 Å². The number of rotatable bonds is 6. The largest absolute Gasteiger partial charge is 0.480 e. The number of carbonyl (C=O) groups is 3. The number of methoxy groups -OCH3 is 1. The van der Waals surface area contributed by atoms with Crippen LogP contribution in [0.1, 0.15) is 27.7 Å². The fourth-order valence-corrected chi connectivity index (χ4v) is 1.42. The van der Waals surface area contributed by atoms with Crippen LogP contribution in [0, 0.1) is 5.92 Å². The number of urea groups is 1. The Bertz CT molecular complexity index is 341. The second kappa shape index (κ2) is 7.60. The molecule has 0 aromatic rings. The molecule has 0 spiro atoms. The second-order valence-electron chi connectivity index (χ2n) is 4.81. The predicted molar refractivity (Wildman–Crippen MR) is 68.7 cm³/mol. The second-order valence-corrected chi connectivity index (χ2v) is 4.81. The van der Waals surface area contributed by atoms with E-state index < -0.39 is 24.0 Å². The molecule has 0 aliphatic carbocycles. The minimum atomic E-state index is -1.11. The standard InChI is InChI=1S/C12H22N2O5/c1-7(2)10(11(16)17)13-12(18)14(8(3)4)6-9(15)19-5/h7-8,10H,6H2,1-5H3,(H,13,18)(H,16,17)/t10-/m0/s1. The van der Waals surface area contributed by atoms with Gasteiger partial charge in [0.05, 0.1) is 7.11 Å². The van der Waals surface area contributed by atoms with Crippen molar-refractivity contribution in [1.29, 1.82) is 0 Å². The summed E-state index contributed by atoms with van der Waals surface area (Å²) in [4.78, 5) is 35.5. The van der Waals surface area contributed by atoms with Gasteiger partial charge in [-0.25, -0.2) is 9.59 Å². The molecule has 0 aromatic heterocycles. The molecule has 110 valence electrons. The highest BCUT2D eigenvalue weighted by molar-refractivity contribution is 5.85. The number of nitrogens with one attached hydrogen (secondary N) is 1. The number of carbonyl (C=O) groups excluding carboxylic acids is 2. The highest BCUT2D eigenvalue weighted by Crippen LogP contribution is 2.05. The van der Waals surface area contributed by atoms with Crippen molar-refractivity contribution < 1.29 is 24.2 Å². The molecule has 0 saturated heterocycles. The zero-order chi connectivity index (χ0) is 15.2. The Morgan fingerprint density at radius 3 is 2.05 bits per heavy atom. The Balaban J connectivity index is 4.81. The highest BCUT2D eigenvalue weighted by atomic mass is 16.5. The van der Waals surface area contributed by atoms with E-state index in [1.165, 1.54) is 12.0 Å². The third-order valence-corrected chi connectivity index (χ3v) is 2.62. The van der Waals surface area contributed by atoms with Crippen LogP contribution >= 0.6 is 0 Å². The maximum atomic E-state index is 12.0. The number of aliphatic carboxylic acids is 1. The van der Waals surface area contributed by atoms with Crippen LogP contribution < -0.4 is 5.32 Å². The van der Waals surface area contributed by atoms with Gasteiger partial charge in [0.15, 0.2) is 0 Å². The van der Waals surface area contributed by atoms with Gasteiger partial charge in [0.25, 0.3) is 0 Å². The molecular formula is C12H22N2O5. The molecule has 0 aromatic carbocycles. The molecule has 0 bridgehead atoms. The number of hydrogen-bond acceptors (Lipinski definition) is 4. The molecule has 0 fully saturated rings. The number of amides is 2. The van der Waals surface area contributed by atoms with Crippen molar-refractivity contribution in [2.24, 2.45) is 5.92 Å². The number of nitrogens with zero attached hydrogens (tertiary/aromatic N) is 1. The van der Waals surface area contributed by atoms with E-state index in [0.29, 0.717) is 0 Å². The van der Waals surface area contributed by atoms with Crippen molar-refractivity contribution in [2.75, 3.05) is 13.7 Å². The first-order chi connectivity index (χ1) is 8.70. The summed E-state index contributed by atoms with van der Waals surface area (Å²) in [6.45, 7) is 6.63. The predicted octanol–water partition coefficient (Wildman–Crippen LogP) is 0.689. The minimum absolute atomic E-state index is 0.218. The van der Waals surface area contributed by atoms with E-state index in [2.05, 4.69) is 10.1 Å². The molecule has 0 heterocycles. The average molecular weight is 274 g/mol. The summed E-state index contributed by atoms with van der Waals surface area (Å²) in [5.41, 5.74) is 0. The van der Waals surface area contributed by atoms with E-state index in [1.807, 2.05) is 0 Å². The number of esters is 1. The van der Waals surface area contributed by atoms with Crippen LogP contribution in [0.5, 0.6) is 0 Å². The highest BCUT2D eigenvalue weighted by Gasteiger charge is 2.28. The Morgan fingerprint density at radius 2 is 1.74 bits per heavy atom. The van der Waals surface area contributed by atoms with E-state index >= 15 is 0 Å². The quantitative estimate of drug-likeness (QED) is 0.695. The van der Waals surface area contributed by atoms with Gasteiger partial charge in [0.2, 0.25) is 0 Å². The van der Waals surface area contributed by atoms with Gasteiger partial charge in [-0.15, -0.1) is 0 Å². The van der Waals surface area contributed by atoms with E-state index in [0.717, 1.165) is 0 Å². The smallest absolute Gasteiger partial charge is 0.326 e. The average Bonchev–Trinajstić information content (AvgIpc) is 2.30. The van der Waals surface area contributed by atoms with Crippen LogP contribution in [-0.2, 0) is 14.3 Å². The maximum absolute atomic E-state index is 12.0. The number of ether oxygens (including phenoxy) is 1. The first-order valence-electron chi connectivity index (χ1n) is 6.07. The fraction of sp³-hybridized carbons (Fsp3) is 0.750. The molecule has 0 saturated carbocycles. The molecule has 0 rings (SSSR count). The van der Waals surface area contributed by atoms with Gasteiger partial charge >= 0.3 is 18.0 Å². The van der Waals surface area contributed by atoms with Crippen molar-refractivity contribution >= 4 is 18.0 Å². The lowest BCUT2D eigenvalue weighted by Crippen LogP contribution is -2.53. The molecule has 0 unspecified atom stereocenters. The van der Waals surface area contributed by atoms with Crippen LogP contribution in [0.4, 0.5) is 4.79 Å². The van der Waals surface area contributed by atoms with Crippen molar-refractivity contribution in [3.05, 3.63) is 0 Å². The third-order valence-electron chi connectivity index (χ3n) is 2.62. The molecule has 19 heavy (non-hydrogen) atoms. The first-order valence-corrected chi connectivity index (χ1v) is 6.07. The van der Waals surface area contributed by atoms with Gasteiger partial charge in [0, 0.05) is 6.04 Å². The van der Waals surface area contributed by atoms with E-state index in [9.17, 15) is 14.4 Å². The monoisotopic (exact) mass is 274 g/mol. The molecular weight excluding hydrogens is 252 g/mol. The Kier molecular flexibility index (Phi) is 6.89. The lowest BCUT2D eigenvalue weighted by atomic mass is 10.1. The zero-order valence-electron chi connectivity index (χ0n) is 12.0. The SMILES string of the molecule is COC(=O)CN(C(=O)N[C@H](C(=O)O)C(C)C)C(C)C. The van der Waals surface area contributed by atoms with Gasteiger partial charge in [-0.3, -0.25) is 4.79 Å². The summed E-state index contributed by atoms with van der Waals surface area (Å²) in [5.74, 6) is -1.92. The summed E-state index contributed by atoms with van der Waals surface area (Å²) >= 11 is 0. The van der Waals surface area contributed by atoms with Crippen molar-refractivity contribution in [1.82, 2.24) is 10.2 Å². The molecule has 1 atom stereocenters. The van der Waals surface area contributed by atoms with Crippen molar-refractivity contribution in [3.8, 4) is 0 Å². The molecule has 2 N–H and O–H groups in total. The summed E-state index contributed by atoms with van der Waals surface area (Å²) in [6, 6.07) is -1.84. The lowest BCUT2D eigenvalue weighted by molar-refractivity contribution is -0.141. The maximum Gasteiger partial charge on any atom is 0.326 e. The summed E-state index contributed by atoms with van der Waals surface area (Å²) < 4.78 is 4.50. The minimum Gasteiger partial charge on any atom is -0.480 e. The van der Waals surface area contributed by atoms with E-state index in [1.54, 1.807) is 27.7 Å². The Hall–Kier alpha value is -1.79. The molecule has 0 aliphatic rings. The number of carboxylic acids is 1. The van der Waals surface area contributed by atoms with Gasteiger partial charge in [-0.05, 0) is 19.8 Å². The van der Waals surface area contributed by atoms with Crippen molar-refractivity contribution in [2.45, 2.75) is 39.8 Å². The summed E-state index contributed by atoms with van der Waals surface area (Å²) in [7, 11) is 1.23. The van der Waals surface area contributed by atoms with Crippen LogP contribution in [-0.4, -0.2) is 53.7 Å². The molecule has 2 amide bonds. The topological polar surface area (TPSA) is 95.9 Å². The number of carboxylic acid groups (broad SMARTS) is 1. The van der Waals surface area contributed by atoms with Gasteiger partial charge < -0.3 is 20.1 Å². The van der Waals surface area contributed by atoms with Crippen LogP contribution in [0.15, 0.2) is 0 Å². The first kappa shape index (κ1) is 17.2. The normalized spacial score (nSPS) is 12.2. The molecule has 7 nitrogen and oxygen atoms in total. The third kappa shape index (κ3) is 5.58. The Morgan fingerprint density at radius 1 is 1.21 bits per heavy atom. The molecule has 7 heteroatoms. The lowest BCUT2D eigenvalue weighted by Gasteiger charge is -2.28. The van der Waals surface area contributed by atoms with E-state index in [4.69, 9.17) is 5.11 Å². The van der Waals surface area contributed by atoms with Crippen molar-refractivity contribution in [3.63, 3.8) is 0 Å². The van der Waals surface area contributed by atoms with Gasteiger partial charge in [-0.2, -0.15) is 0 Å². The number of hydrogen-bond donors (Lipinski definition) is 2. The van der Waals surface area contributed by atoms with Gasteiger partial charge in [0.1, 0.15) is 12.6 Å². The van der Waals surface area contributed by atoms with Gasteiger partial charge in [-0.1, -0.05) is 13.8 Å². The van der Waals surface area contributed by atoms with Crippen LogP contribution in [0.25, 0.3) is 0 Å². The summed E-state index contributed by atoms with van der Waals surface area (Å²) in [5, 5.41) is 11.4. The zero-order valence-corrected chi connectivity index (χ0v) is 12.0. The summed E-state index contributed by atoms with van der Waals surface area (Å²) in [6.07, 6.45) is 0. The molecule has 0 radical (unpaired) electrons. The van der Waals surface area contributed by atoms with Crippen LogP contribution in [0.3, 0.4) is 0 Å². The molecule has 0 aliphatic heterocycles.